The van der Waals surface area contributed by atoms with Gasteiger partial charge in [0.05, 0.1) is 4.90 Å². The van der Waals surface area contributed by atoms with Crippen molar-refractivity contribution in [3.63, 3.8) is 0 Å². The van der Waals surface area contributed by atoms with Gasteiger partial charge in [0, 0.05) is 21.5 Å². The molecule has 0 bridgehead atoms. The standard InChI is InChI=1S/C14H22Br2N2O2S/c1-10(2)18(4)7-5-6-17-21(19,20)14-9-12(15)11(3)8-13(14)16/h8-10,17H,5-7H2,1-4H3. The third kappa shape index (κ3) is 5.63. The number of aryl methyl sites for hydroxylation is 1. The number of nitrogens with zero attached hydrogens (tertiary/aromatic N) is 1. The Labute approximate surface area is 144 Å². The highest BCUT2D eigenvalue weighted by Crippen LogP contribution is 2.28. The lowest BCUT2D eigenvalue weighted by Crippen LogP contribution is -2.31. The number of sulfonamides is 1. The van der Waals surface area contributed by atoms with Gasteiger partial charge >= 0.3 is 0 Å². The number of nitrogens with one attached hydrogen (secondary N) is 1. The zero-order valence-corrected chi connectivity index (χ0v) is 16.8. The van der Waals surface area contributed by atoms with Crippen LogP contribution in [-0.4, -0.2) is 39.5 Å². The minimum Gasteiger partial charge on any atom is -0.304 e. The van der Waals surface area contributed by atoms with Crippen LogP contribution in [0.4, 0.5) is 0 Å². The molecule has 1 rings (SSSR count). The maximum Gasteiger partial charge on any atom is 0.241 e. The first-order valence-corrected chi connectivity index (χ1v) is 9.87. The molecule has 1 aromatic rings. The third-order valence-corrected chi connectivity index (χ3v) is 6.64. The van der Waals surface area contributed by atoms with Crippen molar-refractivity contribution in [1.29, 1.82) is 0 Å². The van der Waals surface area contributed by atoms with Crippen LogP contribution in [0.5, 0.6) is 0 Å². The third-order valence-electron chi connectivity index (χ3n) is 3.36. The van der Waals surface area contributed by atoms with Crippen molar-refractivity contribution >= 4 is 41.9 Å². The van der Waals surface area contributed by atoms with E-state index in [0.29, 0.717) is 17.1 Å². The molecule has 0 radical (unpaired) electrons. The summed E-state index contributed by atoms with van der Waals surface area (Å²) < 4.78 is 28.7. The fourth-order valence-electron chi connectivity index (χ4n) is 1.70. The van der Waals surface area contributed by atoms with E-state index in [-0.39, 0.29) is 4.90 Å². The zero-order chi connectivity index (χ0) is 16.2. The minimum atomic E-state index is -3.49. The molecule has 0 saturated heterocycles. The number of rotatable bonds is 7. The van der Waals surface area contributed by atoms with Gasteiger partial charge in [0.25, 0.3) is 0 Å². The van der Waals surface area contributed by atoms with Crippen LogP contribution in [0.3, 0.4) is 0 Å². The van der Waals surface area contributed by atoms with Crippen molar-refractivity contribution in [2.24, 2.45) is 0 Å². The average Bonchev–Trinajstić information content (AvgIpc) is 2.38. The van der Waals surface area contributed by atoms with Gasteiger partial charge in [-0.15, -0.1) is 0 Å². The molecule has 1 N–H and O–H groups in total. The Morgan fingerprint density at radius 2 is 1.86 bits per heavy atom. The van der Waals surface area contributed by atoms with Crippen LogP contribution < -0.4 is 4.72 Å². The van der Waals surface area contributed by atoms with Crippen LogP contribution in [0, 0.1) is 6.92 Å². The molecule has 4 nitrogen and oxygen atoms in total. The summed E-state index contributed by atoms with van der Waals surface area (Å²) in [5.74, 6) is 0. The Hall–Kier alpha value is 0.0500. The molecule has 120 valence electrons. The summed E-state index contributed by atoms with van der Waals surface area (Å²) in [5, 5.41) is 0. The van der Waals surface area contributed by atoms with E-state index in [4.69, 9.17) is 0 Å². The number of benzene rings is 1. The van der Waals surface area contributed by atoms with E-state index >= 15 is 0 Å². The second kappa shape index (κ2) is 8.06. The van der Waals surface area contributed by atoms with E-state index in [1.807, 2.05) is 14.0 Å². The smallest absolute Gasteiger partial charge is 0.241 e. The maximum absolute atomic E-state index is 12.3. The molecule has 0 aromatic heterocycles. The Balaban J connectivity index is 2.68. The SMILES string of the molecule is Cc1cc(Br)c(S(=O)(=O)NCCCN(C)C(C)C)cc1Br. The van der Waals surface area contributed by atoms with Crippen molar-refractivity contribution in [3.8, 4) is 0 Å². The van der Waals surface area contributed by atoms with E-state index in [1.54, 1.807) is 12.1 Å². The van der Waals surface area contributed by atoms with Gasteiger partial charge in [-0.2, -0.15) is 0 Å². The zero-order valence-electron chi connectivity index (χ0n) is 12.8. The van der Waals surface area contributed by atoms with Crippen molar-refractivity contribution in [2.45, 2.75) is 38.1 Å². The summed E-state index contributed by atoms with van der Waals surface area (Å²) in [4.78, 5) is 2.45. The van der Waals surface area contributed by atoms with Crippen molar-refractivity contribution in [1.82, 2.24) is 9.62 Å². The van der Waals surface area contributed by atoms with Gasteiger partial charge < -0.3 is 4.90 Å². The van der Waals surface area contributed by atoms with E-state index in [1.165, 1.54) is 0 Å². The molecule has 0 fully saturated rings. The molecule has 7 heteroatoms. The number of halogens is 2. The molecule has 0 heterocycles. The van der Waals surface area contributed by atoms with E-state index in [0.717, 1.165) is 23.0 Å². The Morgan fingerprint density at radius 1 is 1.24 bits per heavy atom. The van der Waals surface area contributed by atoms with E-state index < -0.39 is 10.0 Å². The molecule has 0 aliphatic carbocycles. The molecule has 0 spiro atoms. The van der Waals surface area contributed by atoms with Crippen molar-refractivity contribution in [2.75, 3.05) is 20.1 Å². The average molecular weight is 442 g/mol. The Bertz CT molecular complexity index is 589. The van der Waals surface area contributed by atoms with Crippen LogP contribution in [0.1, 0.15) is 25.8 Å². The first-order valence-electron chi connectivity index (χ1n) is 6.80. The monoisotopic (exact) mass is 440 g/mol. The van der Waals surface area contributed by atoms with Gasteiger partial charge in [-0.25, -0.2) is 13.1 Å². The Kier molecular flexibility index (Phi) is 7.33. The normalized spacial score (nSPS) is 12.4. The largest absolute Gasteiger partial charge is 0.304 e. The lowest BCUT2D eigenvalue weighted by Gasteiger charge is -2.20. The summed E-state index contributed by atoms with van der Waals surface area (Å²) in [7, 11) is -1.46. The second-order valence-corrected chi connectivity index (χ2v) is 8.80. The fraction of sp³-hybridized carbons (Fsp3) is 0.571. The summed E-state index contributed by atoms with van der Waals surface area (Å²) >= 11 is 6.69. The first-order chi connectivity index (χ1) is 9.65. The molecule has 0 aliphatic heterocycles. The lowest BCUT2D eigenvalue weighted by molar-refractivity contribution is 0.271. The van der Waals surface area contributed by atoms with Gasteiger partial charge in [-0.3, -0.25) is 0 Å². The van der Waals surface area contributed by atoms with Crippen LogP contribution in [0.2, 0.25) is 0 Å². The number of hydrogen-bond donors (Lipinski definition) is 1. The van der Waals surface area contributed by atoms with Gasteiger partial charge in [-0.05, 0) is 74.4 Å². The second-order valence-electron chi connectivity index (χ2n) is 5.36. The van der Waals surface area contributed by atoms with Gasteiger partial charge in [0.2, 0.25) is 10.0 Å². The predicted molar refractivity (Wildman–Crippen MR) is 94.2 cm³/mol. The fourth-order valence-corrected chi connectivity index (χ4v) is 4.45. The Morgan fingerprint density at radius 3 is 2.43 bits per heavy atom. The first kappa shape index (κ1) is 19.1. The molecule has 0 saturated carbocycles. The number of hydrogen-bond acceptors (Lipinski definition) is 3. The molecular weight excluding hydrogens is 420 g/mol. The van der Waals surface area contributed by atoms with Crippen molar-refractivity contribution < 1.29 is 8.42 Å². The lowest BCUT2D eigenvalue weighted by atomic mass is 10.2. The summed E-state index contributed by atoms with van der Waals surface area (Å²) in [5.41, 5.74) is 0.986. The van der Waals surface area contributed by atoms with Gasteiger partial charge in [0.1, 0.15) is 0 Å². The molecule has 0 atom stereocenters. The quantitative estimate of drug-likeness (QED) is 0.658. The van der Waals surface area contributed by atoms with E-state index in [2.05, 4.69) is 55.3 Å². The summed E-state index contributed by atoms with van der Waals surface area (Å²) in [6, 6.07) is 3.89. The molecular formula is C14H22Br2N2O2S. The molecule has 1 aromatic carbocycles. The van der Waals surface area contributed by atoms with Gasteiger partial charge in [0.15, 0.2) is 0 Å². The minimum absolute atomic E-state index is 0.261. The molecule has 0 amide bonds. The highest BCUT2D eigenvalue weighted by molar-refractivity contribution is 9.11. The van der Waals surface area contributed by atoms with Crippen LogP contribution in [0.25, 0.3) is 0 Å². The van der Waals surface area contributed by atoms with Crippen LogP contribution in [-0.2, 0) is 10.0 Å². The van der Waals surface area contributed by atoms with Crippen LogP contribution >= 0.6 is 31.9 Å². The summed E-state index contributed by atoms with van der Waals surface area (Å²) in [6.07, 6.45) is 0.776. The molecule has 0 unspecified atom stereocenters. The van der Waals surface area contributed by atoms with Crippen molar-refractivity contribution in [3.05, 3.63) is 26.6 Å². The molecule has 21 heavy (non-hydrogen) atoms. The topological polar surface area (TPSA) is 49.4 Å². The highest BCUT2D eigenvalue weighted by atomic mass is 79.9. The predicted octanol–water partition coefficient (Wildman–Crippen LogP) is 3.53. The molecule has 0 aliphatic rings. The van der Waals surface area contributed by atoms with Crippen LogP contribution in [0.15, 0.2) is 26.0 Å². The van der Waals surface area contributed by atoms with E-state index in [9.17, 15) is 8.42 Å². The van der Waals surface area contributed by atoms with Gasteiger partial charge in [-0.1, -0.05) is 15.9 Å². The highest BCUT2D eigenvalue weighted by Gasteiger charge is 2.18. The summed E-state index contributed by atoms with van der Waals surface area (Å²) in [6.45, 7) is 7.44. The maximum atomic E-state index is 12.3.